The second kappa shape index (κ2) is 12.0. The van der Waals surface area contributed by atoms with Crippen molar-refractivity contribution in [2.75, 3.05) is 0 Å². The molecular weight excluding hydrogens is 323 g/mol. The second-order valence-corrected chi connectivity index (χ2v) is 5.08. The van der Waals surface area contributed by atoms with Gasteiger partial charge in [0.05, 0.1) is 11.8 Å². The van der Waals surface area contributed by atoms with Gasteiger partial charge in [-0.15, -0.1) is 24.8 Å². The SMILES string of the molecule is Cl.Cl.NC1CCCC1C(=O)O.NC1CCCC1C(=O)O.O. The van der Waals surface area contributed by atoms with Crippen LogP contribution in [0.2, 0.25) is 0 Å². The minimum atomic E-state index is -0.736. The van der Waals surface area contributed by atoms with Gasteiger partial charge in [0, 0.05) is 12.1 Å². The van der Waals surface area contributed by atoms with Crippen molar-refractivity contribution >= 4 is 36.8 Å². The molecule has 0 heterocycles. The van der Waals surface area contributed by atoms with Crippen molar-refractivity contribution in [3.63, 3.8) is 0 Å². The van der Waals surface area contributed by atoms with Crippen LogP contribution in [0.15, 0.2) is 0 Å². The number of carboxylic acid groups (broad SMARTS) is 2. The van der Waals surface area contributed by atoms with E-state index < -0.39 is 11.9 Å². The Bertz CT molecular complexity index is 290. The van der Waals surface area contributed by atoms with Gasteiger partial charge in [-0.05, 0) is 25.7 Å². The monoisotopic (exact) mass is 348 g/mol. The van der Waals surface area contributed by atoms with E-state index in [0.29, 0.717) is 0 Å². The lowest BCUT2D eigenvalue weighted by Crippen LogP contribution is -2.30. The molecule has 2 aliphatic carbocycles. The van der Waals surface area contributed by atoms with E-state index in [4.69, 9.17) is 21.7 Å². The average Bonchev–Trinajstić information content (AvgIpc) is 2.87. The molecule has 9 heteroatoms. The van der Waals surface area contributed by atoms with Crippen LogP contribution in [0.5, 0.6) is 0 Å². The first kappa shape index (κ1) is 25.4. The van der Waals surface area contributed by atoms with Gasteiger partial charge in [-0.1, -0.05) is 12.8 Å². The highest BCUT2D eigenvalue weighted by molar-refractivity contribution is 5.85. The molecule has 2 aliphatic rings. The summed E-state index contributed by atoms with van der Waals surface area (Å²) in [6.45, 7) is 0. The van der Waals surface area contributed by atoms with Gasteiger partial charge in [0.15, 0.2) is 0 Å². The Morgan fingerprint density at radius 1 is 0.762 bits per heavy atom. The van der Waals surface area contributed by atoms with E-state index in [0.717, 1.165) is 38.5 Å². The van der Waals surface area contributed by atoms with Crippen molar-refractivity contribution in [1.82, 2.24) is 0 Å². The van der Waals surface area contributed by atoms with Crippen molar-refractivity contribution in [2.24, 2.45) is 23.3 Å². The summed E-state index contributed by atoms with van der Waals surface area (Å²) in [5.41, 5.74) is 11.0. The molecule has 21 heavy (non-hydrogen) atoms. The summed E-state index contributed by atoms with van der Waals surface area (Å²) in [5.74, 6) is -2.02. The second-order valence-electron chi connectivity index (χ2n) is 5.08. The van der Waals surface area contributed by atoms with Crippen LogP contribution in [0.1, 0.15) is 38.5 Å². The van der Waals surface area contributed by atoms with Crippen molar-refractivity contribution in [3.8, 4) is 0 Å². The maximum Gasteiger partial charge on any atom is 0.308 e. The minimum Gasteiger partial charge on any atom is -0.481 e. The molecule has 0 saturated heterocycles. The van der Waals surface area contributed by atoms with E-state index in [1.54, 1.807) is 0 Å². The molecule has 4 unspecified atom stereocenters. The summed E-state index contributed by atoms with van der Waals surface area (Å²) in [5, 5.41) is 17.0. The molecule has 7 nitrogen and oxygen atoms in total. The standard InChI is InChI=1S/2C6H11NO2.2ClH.H2O/c2*7-5-3-1-2-4(5)6(8)9;;;/h2*4-5H,1-3,7H2,(H,8,9);2*1H;1H2. The fourth-order valence-corrected chi connectivity index (χ4v) is 2.59. The molecule has 0 aliphatic heterocycles. The van der Waals surface area contributed by atoms with Gasteiger partial charge < -0.3 is 27.2 Å². The first-order valence-electron chi connectivity index (χ1n) is 6.40. The van der Waals surface area contributed by atoms with Gasteiger partial charge in [-0.25, -0.2) is 0 Å². The van der Waals surface area contributed by atoms with Crippen LogP contribution in [0.3, 0.4) is 0 Å². The largest absolute Gasteiger partial charge is 0.481 e. The first-order valence-corrected chi connectivity index (χ1v) is 6.40. The first-order chi connectivity index (χ1) is 8.43. The molecule has 0 bridgehead atoms. The summed E-state index contributed by atoms with van der Waals surface area (Å²) in [6.07, 6.45) is 5.21. The van der Waals surface area contributed by atoms with Gasteiger partial charge in [0.25, 0.3) is 0 Å². The highest BCUT2D eigenvalue weighted by Gasteiger charge is 2.30. The number of rotatable bonds is 2. The Labute approximate surface area is 136 Å². The highest BCUT2D eigenvalue weighted by atomic mass is 35.5. The molecular formula is C12H26Cl2N2O5. The number of halogens is 2. The van der Waals surface area contributed by atoms with Gasteiger partial charge in [0.2, 0.25) is 0 Å². The summed E-state index contributed by atoms with van der Waals surface area (Å²) in [6, 6.07) is -0.190. The molecule has 0 amide bonds. The Kier molecular flexibility index (Phi) is 14.5. The lowest BCUT2D eigenvalue weighted by Gasteiger charge is -2.07. The minimum absolute atomic E-state index is 0. The molecule has 0 spiro atoms. The van der Waals surface area contributed by atoms with Gasteiger partial charge in [0.1, 0.15) is 0 Å². The zero-order valence-corrected chi connectivity index (χ0v) is 13.4. The van der Waals surface area contributed by atoms with E-state index in [-0.39, 0.29) is 54.2 Å². The Balaban J connectivity index is -0.000000270. The van der Waals surface area contributed by atoms with E-state index in [2.05, 4.69) is 0 Å². The maximum absolute atomic E-state index is 10.3. The van der Waals surface area contributed by atoms with Crippen molar-refractivity contribution in [3.05, 3.63) is 0 Å². The molecule has 2 fully saturated rings. The van der Waals surface area contributed by atoms with Gasteiger partial charge >= 0.3 is 11.9 Å². The van der Waals surface area contributed by atoms with Crippen LogP contribution in [-0.2, 0) is 9.59 Å². The molecule has 0 aromatic rings. The van der Waals surface area contributed by atoms with Crippen molar-refractivity contribution in [1.29, 1.82) is 0 Å². The molecule has 2 rings (SSSR count). The van der Waals surface area contributed by atoms with Crippen molar-refractivity contribution < 1.29 is 25.3 Å². The van der Waals surface area contributed by atoms with Crippen LogP contribution in [-0.4, -0.2) is 39.7 Å². The van der Waals surface area contributed by atoms with Gasteiger partial charge in [-0.2, -0.15) is 0 Å². The fourth-order valence-electron chi connectivity index (χ4n) is 2.59. The van der Waals surface area contributed by atoms with Gasteiger partial charge in [-0.3, -0.25) is 9.59 Å². The number of hydrogen-bond acceptors (Lipinski definition) is 4. The molecule has 0 aromatic heterocycles. The van der Waals surface area contributed by atoms with E-state index in [9.17, 15) is 9.59 Å². The number of carboxylic acids is 2. The fraction of sp³-hybridized carbons (Fsp3) is 0.833. The predicted octanol–water partition coefficient (Wildman–Crippen LogP) is 0.416. The summed E-state index contributed by atoms with van der Waals surface area (Å²) in [4.78, 5) is 20.7. The lowest BCUT2D eigenvalue weighted by molar-refractivity contribution is -0.142. The molecule has 0 aromatic carbocycles. The number of aliphatic carboxylic acids is 2. The normalized spacial score (nSPS) is 29.8. The van der Waals surface area contributed by atoms with Crippen LogP contribution in [0, 0.1) is 11.8 Å². The summed E-state index contributed by atoms with van der Waals surface area (Å²) < 4.78 is 0. The van der Waals surface area contributed by atoms with Crippen LogP contribution in [0.4, 0.5) is 0 Å². The van der Waals surface area contributed by atoms with E-state index in [1.165, 1.54) is 0 Å². The predicted molar refractivity (Wildman–Crippen MR) is 84.0 cm³/mol. The quantitative estimate of drug-likeness (QED) is 0.565. The van der Waals surface area contributed by atoms with Crippen LogP contribution >= 0.6 is 24.8 Å². The maximum atomic E-state index is 10.3. The third-order valence-corrected chi connectivity index (χ3v) is 3.77. The smallest absolute Gasteiger partial charge is 0.308 e. The zero-order valence-electron chi connectivity index (χ0n) is 11.7. The van der Waals surface area contributed by atoms with E-state index in [1.807, 2.05) is 0 Å². The lowest BCUT2D eigenvalue weighted by atomic mass is 10.1. The Morgan fingerprint density at radius 2 is 1.05 bits per heavy atom. The topological polar surface area (TPSA) is 158 Å². The van der Waals surface area contributed by atoms with Crippen LogP contribution in [0.25, 0.3) is 0 Å². The average molecular weight is 349 g/mol. The summed E-state index contributed by atoms with van der Waals surface area (Å²) >= 11 is 0. The number of hydrogen-bond donors (Lipinski definition) is 4. The Morgan fingerprint density at radius 3 is 1.14 bits per heavy atom. The highest BCUT2D eigenvalue weighted by Crippen LogP contribution is 2.24. The zero-order chi connectivity index (χ0) is 13.7. The molecule has 2 saturated carbocycles. The van der Waals surface area contributed by atoms with Crippen LogP contribution < -0.4 is 11.5 Å². The Hall–Kier alpha value is -0.600. The third-order valence-electron chi connectivity index (χ3n) is 3.77. The molecule has 128 valence electrons. The number of nitrogens with two attached hydrogens (primary N) is 2. The molecule has 0 radical (unpaired) electrons. The van der Waals surface area contributed by atoms with E-state index >= 15 is 0 Å². The summed E-state index contributed by atoms with van der Waals surface area (Å²) in [7, 11) is 0. The molecule has 8 N–H and O–H groups in total. The molecule has 4 atom stereocenters. The third kappa shape index (κ3) is 7.82. The van der Waals surface area contributed by atoms with Crippen molar-refractivity contribution in [2.45, 2.75) is 50.6 Å². The number of carbonyl (C=O) groups is 2.